The number of hydrogen-bond donors (Lipinski definition) is 1. The molecule has 0 radical (unpaired) electrons. The Labute approximate surface area is 207 Å². The molecule has 0 saturated carbocycles. The molecule has 1 N–H and O–H groups in total. The Morgan fingerprint density at radius 1 is 0.943 bits per heavy atom. The lowest BCUT2D eigenvalue weighted by molar-refractivity contribution is -0.113. The highest BCUT2D eigenvalue weighted by molar-refractivity contribution is 7.99. The minimum Gasteiger partial charge on any atom is -0.345 e. The van der Waals surface area contributed by atoms with Crippen molar-refractivity contribution in [3.8, 4) is 11.4 Å². The number of benzene rings is 3. The first-order chi connectivity index (χ1) is 16.9. The molecule has 7 nitrogen and oxygen atoms in total. The molecular formula is C26H24FN5O2S. The van der Waals surface area contributed by atoms with Crippen LogP contribution in [0, 0.1) is 5.82 Å². The van der Waals surface area contributed by atoms with Gasteiger partial charge in [0.05, 0.1) is 12.3 Å². The van der Waals surface area contributed by atoms with Gasteiger partial charge >= 0.3 is 0 Å². The summed E-state index contributed by atoms with van der Waals surface area (Å²) in [6, 6.07) is 22.7. The van der Waals surface area contributed by atoms with Gasteiger partial charge in [0, 0.05) is 30.9 Å². The predicted octanol–water partition coefficient (Wildman–Crippen LogP) is 4.57. The molecule has 0 aliphatic carbocycles. The van der Waals surface area contributed by atoms with Gasteiger partial charge in [-0.3, -0.25) is 14.2 Å². The van der Waals surface area contributed by atoms with Gasteiger partial charge in [0.15, 0.2) is 11.0 Å². The third-order valence-corrected chi connectivity index (χ3v) is 6.12. The smallest absolute Gasteiger partial charge is 0.253 e. The summed E-state index contributed by atoms with van der Waals surface area (Å²) in [6.45, 7) is 0.506. The maximum Gasteiger partial charge on any atom is 0.253 e. The Balaban J connectivity index is 1.48. The molecule has 3 aromatic carbocycles. The normalized spacial score (nSPS) is 10.7. The van der Waals surface area contributed by atoms with Gasteiger partial charge in [-0.1, -0.05) is 42.1 Å². The molecule has 0 aliphatic heterocycles. The van der Waals surface area contributed by atoms with E-state index in [-0.39, 0.29) is 23.4 Å². The van der Waals surface area contributed by atoms with E-state index in [2.05, 4.69) is 15.5 Å². The fraction of sp³-hybridized carbons (Fsp3) is 0.154. The molecule has 0 atom stereocenters. The molecule has 35 heavy (non-hydrogen) atoms. The monoisotopic (exact) mass is 489 g/mol. The maximum atomic E-state index is 13.4. The summed E-state index contributed by atoms with van der Waals surface area (Å²) >= 11 is 1.27. The second-order valence-electron chi connectivity index (χ2n) is 8.00. The molecule has 178 valence electrons. The van der Waals surface area contributed by atoms with E-state index in [4.69, 9.17) is 0 Å². The average Bonchev–Trinajstić information content (AvgIpc) is 3.26. The summed E-state index contributed by atoms with van der Waals surface area (Å²) < 4.78 is 15.3. The third-order valence-electron chi connectivity index (χ3n) is 5.16. The van der Waals surface area contributed by atoms with Crippen LogP contribution in [-0.4, -0.2) is 51.3 Å². The van der Waals surface area contributed by atoms with Crippen LogP contribution in [0.25, 0.3) is 11.4 Å². The summed E-state index contributed by atoms with van der Waals surface area (Å²) in [5.41, 5.74) is 2.93. The fourth-order valence-electron chi connectivity index (χ4n) is 3.40. The minimum atomic E-state index is -0.326. The van der Waals surface area contributed by atoms with Crippen molar-refractivity contribution in [3.63, 3.8) is 0 Å². The van der Waals surface area contributed by atoms with E-state index >= 15 is 0 Å². The maximum absolute atomic E-state index is 13.4. The van der Waals surface area contributed by atoms with E-state index in [1.54, 1.807) is 50.5 Å². The number of thioether (sulfide) groups is 1. The van der Waals surface area contributed by atoms with Crippen molar-refractivity contribution in [3.05, 3.63) is 95.8 Å². The first-order valence-electron chi connectivity index (χ1n) is 10.9. The van der Waals surface area contributed by atoms with E-state index in [0.717, 1.165) is 11.1 Å². The lowest BCUT2D eigenvalue weighted by atomic mass is 10.2. The number of nitrogens with one attached hydrogen (secondary N) is 1. The van der Waals surface area contributed by atoms with Crippen LogP contribution in [0.4, 0.5) is 10.1 Å². The van der Waals surface area contributed by atoms with E-state index in [9.17, 15) is 14.0 Å². The number of amides is 2. The molecule has 9 heteroatoms. The van der Waals surface area contributed by atoms with Crippen molar-refractivity contribution in [2.24, 2.45) is 0 Å². The van der Waals surface area contributed by atoms with Gasteiger partial charge in [-0.15, -0.1) is 10.2 Å². The second-order valence-corrected chi connectivity index (χ2v) is 8.94. The van der Waals surface area contributed by atoms with Crippen molar-refractivity contribution in [1.82, 2.24) is 19.7 Å². The zero-order chi connectivity index (χ0) is 24.8. The van der Waals surface area contributed by atoms with Crippen LogP contribution < -0.4 is 5.32 Å². The van der Waals surface area contributed by atoms with E-state index in [1.807, 2.05) is 34.9 Å². The molecule has 0 spiro atoms. The molecule has 4 aromatic rings. The summed E-state index contributed by atoms with van der Waals surface area (Å²) in [7, 11) is 3.38. The lowest BCUT2D eigenvalue weighted by Gasteiger charge is -2.12. The fourth-order valence-corrected chi connectivity index (χ4v) is 4.14. The van der Waals surface area contributed by atoms with E-state index < -0.39 is 0 Å². The Morgan fingerprint density at radius 2 is 1.63 bits per heavy atom. The first kappa shape index (κ1) is 24.2. The molecular weight excluding hydrogens is 465 g/mol. The highest BCUT2D eigenvalue weighted by atomic mass is 32.2. The predicted molar refractivity (Wildman–Crippen MR) is 135 cm³/mol. The van der Waals surface area contributed by atoms with Gasteiger partial charge in [-0.25, -0.2) is 4.39 Å². The molecule has 0 aliphatic rings. The van der Waals surface area contributed by atoms with Gasteiger partial charge in [-0.2, -0.15) is 0 Å². The quantitative estimate of drug-likeness (QED) is 0.367. The number of carbonyl (C=O) groups excluding carboxylic acids is 2. The van der Waals surface area contributed by atoms with Gasteiger partial charge in [-0.05, 0) is 54.1 Å². The zero-order valence-corrected chi connectivity index (χ0v) is 20.1. The van der Waals surface area contributed by atoms with Crippen molar-refractivity contribution in [1.29, 1.82) is 0 Å². The Hall–Kier alpha value is -3.98. The number of halogens is 1. The number of nitrogens with zero attached hydrogens (tertiary/aromatic N) is 4. The van der Waals surface area contributed by atoms with Crippen LogP contribution in [0.5, 0.6) is 0 Å². The van der Waals surface area contributed by atoms with Crippen molar-refractivity contribution in [2.75, 3.05) is 25.2 Å². The SMILES string of the molecule is CN(C)C(=O)c1ccc(NC(=O)CSc2nnc(-c3ccc(F)cc3)n2Cc2ccccc2)cc1. The van der Waals surface area contributed by atoms with Gasteiger partial charge in [0.1, 0.15) is 5.82 Å². The second kappa shape index (κ2) is 11.0. The Kier molecular flexibility index (Phi) is 7.57. The van der Waals surface area contributed by atoms with Gasteiger partial charge in [0.2, 0.25) is 5.91 Å². The number of aromatic nitrogens is 3. The van der Waals surface area contributed by atoms with Crippen LogP contribution in [0.3, 0.4) is 0 Å². The summed E-state index contributed by atoms with van der Waals surface area (Å²) in [6.07, 6.45) is 0. The van der Waals surface area contributed by atoms with Crippen LogP contribution >= 0.6 is 11.8 Å². The van der Waals surface area contributed by atoms with Crippen molar-refractivity contribution in [2.45, 2.75) is 11.7 Å². The van der Waals surface area contributed by atoms with E-state index in [0.29, 0.717) is 28.8 Å². The largest absolute Gasteiger partial charge is 0.345 e. The van der Waals surface area contributed by atoms with Gasteiger partial charge < -0.3 is 10.2 Å². The minimum absolute atomic E-state index is 0.104. The first-order valence-corrected chi connectivity index (χ1v) is 11.9. The van der Waals surface area contributed by atoms with Crippen LogP contribution in [0.1, 0.15) is 15.9 Å². The van der Waals surface area contributed by atoms with Crippen LogP contribution in [0.15, 0.2) is 84.0 Å². The number of anilines is 1. The molecule has 0 bridgehead atoms. The van der Waals surface area contributed by atoms with E-state index in [1.165, 1.54) is 28.8 Å². The molecule has 0 saturated heterocycles. The highest BCUT2D eigenvalue weighted by Crippen LogP contribution is 2.26. The molecule has 1 heterocycles. The van der Waals surface area contributed by atoms with Crippen molar-refractivity contribution >= 4 is 29.3 Å². The Bertz CT molecular complexity index is 1310. The van der Waals surface area contributed by atoms with Crippen LogP contribution in [0.2, 0.25) is 0 Å². The zero-order valence-electron chi connectivity index (χ0n) is 19.3. The molecule has 1 aromatic heterocycles. The highest BCUT2D eigenvalue weighted by Gasteiger charge is 2.17. The van der Waals surface area contributed by atoms with Gasteiger partial charge in [0.25, 0.3) is 5.91 Å². The Morgan fingerprint density at radius 3 is 2.29 bits per heavy atom. The number of rotatable bonds is 8. The number of carbonyl (C=O) groups is 2. The molecule has 2 amide bonds. The third kappa shape index (κ3) is 6.13. The molecule has 0 unspecified atom stereocenters. The van der Waals surface area contributed by atoms with Crippen LogP contribution in [-0.2, 0) is 11.3 Å². The number of hydrogen-bond acceptors (Lipinski definition) is 5. The van der Waals surface area contributed by atoms with Crippen molar-refractivity contribution < 1.29 is 14.0 Å². The average molecular weight is 490 g/mol. The molecule has 4 rings (SSSR count). The summed E-state index contributed by atoms with van der Waals surface area (Å²) in [4.78, 5) is 26.1. The summed E-state index contributed by atoms with van der Waals surface area (Å²) in [5, 5.41) is 12.0. The lowest BCUT2D eigenvalue weighted by Crippen LogP contribution is -2.21. The topological polar surface area (TPSA) is 80.1 Å². The summed E-state index contributed by atoms with van der Waals surface area (Å²) in [5.74, 6) is 0.0768. The standard InChI is InChI=1S/C26H24FN5O2S/c1-31(2)25(34)20-10-14-22(15-11-20)28-23(33)17-35-26-30-29-24(19-8-12-21(27)13-9-19)32(26)16-18-6-4-3-5-7-18/h3-15H,16-17H2,1-2H3,(H,28,33). The molecule has 0 fully saturated rings.